The molecule has 1 aromatic heterocycles. The average molecular weight is 524 g/mol. The summed E-state index contributed by atoms with van der Waals surface area (Å²) < 4.78 is 0. The molecule has 0 N–H and O–H groups in total. The van der Waals surface area contributed by atoms with E-state index in [0.717, 1.165) is 38.3 Å². The van der Waals surface area contributed by atoms with Crippen LogP contribution in [-0.2, 0) is 26.1 Å². The minimum absolute atomic E-state index is 0.427. The molecule has 38 heavy (non-hydrogen) atoms. The van der Waals surface area contributed by atoms with Crippen LogP contribution >= 0.6 is 11.3 Å². The lowest BCUT2D eigenvalue weighted by Gasteiger charge is -2.30. The van der Waals surface area contributed by atoms with E-state index in [1.165, 1.54) is 51.4 Å². The monoisotopic (exact) mass is 523 g/mol. The summed E-state index contributed by atoms with van der Waals surface area (Å²) in [6.45, 7) is 13.1. The molecule has 0 unspecified atom stereocenters. The number of nitrogens with zero attached hydrogens (tertiary/aromatic N) is 3. The van der Waals surface area contributed by atoms with Crippen LogP contribution in [0.1, 0.15) is 73.7 Å². The van der Waals surface area contributed by atoms with Crippen LogP contribution in [0.15, 0.2) is 78.2 Å². The van der Waals surface area contributed by atoms with Gasteiger partial charge in [-0.25, -0.2) is 4.98 Å². The Morgan fingerprint density at radius 1 is 0.895 bits per heavy atom. The zero-order valence-electron chi connectivity index (χ0n) is 23.4. The van der Waals surface area contributed by atoms with Crippen LogP contribution in [0.25, 0.3) is 11.3 Å². The van der Waals surface area contributed by atoms with E-state index in [9.17, 15) is 0 Å². The van der Waals surface area contributed by atoms with Crippen LogP contribution in [0.4, 0.5) is 5.69 Å². The molecule has 0 aliphatic carbocycles. The maximum atomic E-state index is 5.00. The number of aromatic nitrogens is 1. The van der Waals surface area contributed by atoms with Crippen LogP contribution in [0.5, 0.6) is 0 Å². The molecule has 4 aromatic rings. The number of anilines is 1. The second-order valence-corrected chi connectivity index (χ2v) is 11.8. The van der Waals surface area contributed by atoms with Gasteiger partial charge in [0.2, 0.25) is 0 Å². The van der Waals surface area contributed by atoms with Gasteiger partial charge in [-0.1, -0.05) is 74.5 Å². The Kier molecular flexibility index (Phi) is 8.61. The Hall–Kier alpha value is -2.95. The Labute approximate surface area is 233 Å². The fourth-order valence-electron chi connectivity index (χ4n) is 5.64. The minimum atomic E-state index is 0.427. The summed E-state index contributed by atoms with van der Waals surface area (Å²) in [5, 5.41) is 3.41. The van der Waals surface area contributed by atoms with Gasteiger partial charge in [0.05, 0.1) is 12.2 Å². The van der Waals surface area contributed by atoms with E-state index in [1.807, 2.05) is 0 Å². The zero-order chi connectivity index (χ0) is 26.5. The standard InChI is InChI=1S/C34H41N3S/c1-5-27(6-2)29-15-17-32(18-16-29)37(25(3)4)21-26-11-13-30(14-12-26)33-24-38-34(35-33)23-36-20-19-28-9-7-8-10-31(28)22-36/h7-18,24-25,27H,5-6,19-23H2,1-4H3. The Morgan fingerprint density at radius 3 is 2.29 bits per heavy atom. The van der Waals surface area contributed by atoms with Crippen molar-refractivity contribution in [2.24, 2.45) is 0 Å². The maximum absolute atomic E-state index is 5.00. The molecule has 0 saturated heterocycles. The summed E-state index contributed by atoms with van der Waals surface area (Å²) in [6.07, 6.45) is 3.53. The molecular formula is C34H41N3S. The Bertz CT molecular complexity index is 1300. The first kappa shape index (κ1) is 26.6. The highest BCUT2D eigenvalue weighted by molar-refractivity contribution is 7.09. The molecule has 0 atom stereocenters. The number of rotatable bonds is 10. The molecule has 0 radical (unpaired) electrons. The van der Waals surface area contributed by atoms with Crippen molar-refractivity contribution in [3.63, 3.8) is 0 Å². The molecule has 5 rings (SSSR count). The molecule has 0 fully saturated rings. The van der Waals surface area contributed by atoms with Crippen LogP contribution in [0, 0.1) is 0 Å². The van der Waals surface area contributed by atoms with Gasteiger partial charge in [0.25, 0.3) is 0 Å². The third-order valence-electron chi connectivity index (χ3n) is 8.03. The third kappa shape index (κ3) is 6.19. The molecule has 0 amide bonds. The normalized spacial score (nSPS) is 13.7. The van der Waals surface area contributed by atoms with E-state index in [4.69, 9.17) is 4.98 Å². The SMILES string of the molecule is CCC(CC)c1ccc(N(Cc2ccc(-c3csc(CN4CCc5ccccc5C4)n3)cc2)C(C)C)cc1. The van der Waals surface area contributed by atoms with Crippen molar-refractivity contribution in [1.82, 2.24) is 9.88 Å². The van der Waals surface area contributed by atoms with Crippen LogP contribution in [-0.4, -0.2) is 22.5 Å². The lowest BCUT2D eigenvalue weighted by molar-refractivity contribution is 0.245. The summed E-state index contributed by atoms with van der Waals surface area (Å²) in [7, 11) is 0. The Balaban J connectivity index is 1.22. The first-order valence-electron chi connectivity index (χ1n) is 14.2. The van der Waals surface area contributed by atoms with Crippen molar-refractivity contribution in [2.45, 2.75) is 78.6 Å². The molecule has 1 aliphatic rings. The quantitative estimate of drug-likeness (QED) is 0.207. The molecule has 0 saturated carbocycles. The van der Waals surface area contributed by atoms with E-state index < -0.39 is 0 Å². The molecule has 0 bridgehead atoms. The summed E-state index contributed by atoms with van der Waals surface area (Å²) >= 11 is 1.78. The molecule has 3 aromatic carbocycles. The van der Waals surface area contributed by atoms with Crippen molar-refractivity contribution in [1.29, 1.82) is 0 Å². The highest BCUT2D eigenvalue weighted by atomic mass is 32.1. The van der Waals surface area contributed by atoms with Gasteiger partial charge in [-0.05, 0) is 73.4 Å². The predicted molar refractivity (Wildman–Crippen MR) is 163 cm³/mol. The lowest BCUT2D eigenvalue weighted by Crippen LogP contribution is -2.30. The molecule has 2 heterocycles. The van der Waals surface area contributed by atoms with Gasteiger partial charge in [-0.2, -0.15) is 0 Å². The number of thiazole rings is 1. The molecule has 3 nitrogen and oxygen atoms in total. The van der Waals surface area contributed by atoms with Crippen LogP contribution in [0.2, 0.25) is 0 Å². The van der Waals surface area contributed by atoms with Gasteiger partial charge in [-0.15, -0.1) is 11.3 Å². The van der Waals surface area contributed by atoms with Crippen molar-refractivity contribution in [3.05, 3.63) is 105 Å². The highest BCUT2D eigenvalue weighted by Crippen LogP contribution is 2.29. The summed E-state index contributed by atoms with van der Waals surface area (Å²) in [6, 6.07) is 27.5. The van der Waals surface area contributed by atoms with Crippen LogP contribution < -0.4 is 4.90 Å². The van der Waals surface area contributed by atoms with E-state index in [-0.39, 0.29) is 0 Å². The number of fused-ring (bicyclic) bond motifs is 1. The van der Waals surface area contributed by atoms with Gasteiger partial charge in [0.15, 0.2) is 0 Å². The van der Waals surface area contributed by atoms with Gasteiger partial charge in [0, 0.05) is 42.3 Å². The number of hydrogen-bond donors (Lipinski definition) is 0. The second-order valence-electron chi connectivity index (χ2n) is 10.9. The second kappa shape index (κ2) is 12.3. The number of benzene rings is 3. The maximum Gasteiger partial charge on any atom is 0.107 e. The first-order chi connectivity index (χ1) is 18.5. The molecule has 4 heteroatoms. The van der Waals surface area contributed by atoms with E-state index in [1.54, 1.807) is 11.3 Å². The summed E-state index contributed by atoms with van der Waals surface area (Å²) in [5.41, 5.74) is 9.33. The fraction of sp³-hybridized carbons (Fsp3) is 0.382. The first-order valence-corrected chi connectivity index (χ1v) is 15.1. The lowest BCUT2D eigenvalue weighted by atomic mass is 9.94. The smallest absolute Gasteiger partial charge is 0.107 e. The fourth-order valence-corrected chi connectivity index (χ4v) is 6.49. The topological polar surface area (TPSA) is 19.4 Å². The predicted octanol–water partition coefficient (Wildman–Crippen LogP) is 8.69. The number of hydrogen-bond acceptors (Lipinski definition) is 4. The van der Waals surface area contributed by atoms with Gasteiger partial charge in [0.1, 0.15) is 5.01 Å². The molecule has 0 spiro atoms. The molecule has 198 valence electrons. The molecular weight excluding hydrogens is 482 g/mol. The Morgan fingerprint density at radius 2 is 1.61 bits per heavy atom. The van der Waals surface area contributed by atoms with Crippen molar-refractivity contribution in [3.8, 4) is 11.3 Å². The zero-order valence-corrected chi connectivity index (χ0v) is 24.2. The van der Waals surface area contributed by atoms with E-state index in [0.29, 0.717) is 12.0 Å². The van der Waals surface area contributed by atoms with Gasteiger partial charge >= 0.3 is 0 Å². The summed E-state index contributed by atoms with van der Waals surface area (Å²) in [4.78, 5) is 10.0. The van der Waals surface area contributed by atoms with Crippen molar-refractivity contribution < 1.29 is 0 Å². The van der Waals surface area contributed by atoms with Crippen molar-refractivity contribution in [2.75, 3.05) is 11.4 Å². The highest BCUT2D eigenvalue weighted by Gasteiger charge is 2.18. The summed E-state index contributed by atoms with van der Waals surface area (Å²) in [5.74, 6) is 0.659. The minimum Gasteiger partial charge on any atom is -0.365 e. The van der Waals surface area contributed by atoms with Crippen LogP contribution in [0.3, 0.4) is 0 Å². The average Bonchev–Trinajstić information content (AvgIpc) is 3.41. The molecule has 1 aliphatic heterocycles. The third-order valence-corrected chi connectivity index (χ3v) is 8.86. The van der Waals surface area contributed by atoms with Gasteiger partial charge < -0.3 is 4.90 Å². The van der Waals surface area contributed by atoms with Gasteiger partial charge in [-0.3, -0.25) is 4.90 Å². The van der Waals surface area contributed by atoms with E-state index >= 15 is 0 Å². The van der Waals surface area contributed by atoms with Crippen molar-refractivity contribution >= 4 is 17.0 Å². The van der Waals surface area contributed by atoms with E-state index in [2.05, 4.69) is 116 Å². The largest absolute Gasteiger partial charge is 0.365 e.